The van der Waals surface area contributed by atoms with Gasteiger partial charge in [-0.2, -0.15) is 0 Å². The van der Waals surface area contributed by atoms with Crippen LogP contribution in [0, 0.1) is 19.3 Å². The molecule has 0 saturated carbocycles. The number of hydrogen-bond acceptors (Lipinski definition) is 3. The van der Waals surface area contributed by atoms with Crippen molar-refractivity contribution in [1.29, 1.82) is 0 Å². The average Bonchev–Trinajstić information content (AvgIpc) is 2.58. The maximum Gasteiger partial charge on any atom is 0.169 e. The van der Waals surface area contributed by atoms with Crippen LogP contribution < -0.4 is 0 Å². The Morgan fingerprint density at radius 3 is 2.47 bits per heavy atom. The highest BCUT2D eigenvalue weighted by molar-refractivity contribution is 6.06. The summed E-state index contributed by atoms with van der Waals surface area (Å²) in [6, 6.07) is 0. The Hall–Kier alpha value is -1.35. The van der Waals surface area contributed by atoms with E-state index in [0.29, 0.717) is 18.8 Å². The summed E-state index contributed by atoms with van der Waals surface area (Å²) in [4.78, 5) is 12.5. The Kier molecular flexibility index (Phi) is 3.43. The molecule has 0 bridgehead atoms. The van der Waals surface area contributed by atoms with Crippen molar-refractivity contribution < 1.29 is 14.6 Å². The highest BCUT2D eigenvalue weighted by Crippen LogP contribution is 2.44. The van der Waals surface area contributed by atoms with Crippen molar-refractivity contribution in [2.24, 2.45) is 5.41 Å². The van der Waals surface area contributed by atoms with Crippen LogP contribution in [0.3, 0.4) is 0 Å². The number of hydrogen-bond donors (Lipinski definition) is 1. The van der Waals surface area contributed by atoms with Gasteiger partial charge in [0.05, 0.1) is 6.61 Å². The lowest BCUT2D eigenvalue weighted by atomic mass is 9.88. The topological polar surface area (TPSA) is 46.5 Å². The van der Waals surface area contributed by atoms with Crippen LogP contribution in [0.5, 0.6) is 5.75 Å². The van der Waals surface area contributed by atoms with E-state index in [-0.39, 0.29) is 5.78 Å². The van der Waals surface area contributed by atoms with Crippen LogP contribution in [-0.4, -0.2) is 24.6 Å². The summed E-state index contributed by atoms with van der Waals surface area (Å²) in [5.41, 5.74) is 4.10. The van der Waals surface area contributed by atoms with Gasteiger partial charge >= 0.3 is 0 Å². The molecule has 0 aromatic heterocycles. The number of ether oxygens (including phenoxy) is 1. The first kappa shape index (κ1) is 14.1. The van der Waals surface area contributed by atoms with Gasteiger partial charge < -0.3 is 9.84 Å². The number of fused-ring (bicyclic) bond motifs is 1. The van der Waals surface area contributed by atoms with E-state index in [9.17, 15) is 9.90 Å². The second-order valence-electron chi connectivity index (χ2n) is 6.06. The standard InChI is InChI=1S/C16H22O3/c1-9-11(6-7-19-5)10(2)14(17)12-8-16(3,4)15(18)13(9)12/h17H,6-8H2,1-5H3. The molecule has 1 aromatic rings. The van der Waals surface area contributed by atoms with E-state index in [1.165, 1.54) is 0 Å². The van der Waals surface area contributed by atoms with Gasteiger partial charge in [0.15, 0.2) is 5.78 Å². The van der Waals surface area contributed by atoms with Gasteiger partial charge in [0.2, 0.25) is 0 Å². The fraction of sp³-hybridized carbons (Fsp3) is 0.562. The number of rotatable bonds is 3. The van der Waals surface area contributed by atoms with E-state index in [0.717, 1.165) is 34.2 Å². The third-order valence-corrected chi connectivity index (χ3v) is 4.24. The molecular formula is C16H22O3. The molecule has 0 heterocycles. The van der Waals surface area contributed by atoms with Gasteiger partial charge in [-0.25, -0.2) is 0 Å². The molecule has 0 unspecified atom stereocenters. The molecule has 19 heavy (non-hydrogen) atoms. The van der Waals surface area contributed by atoms with Crippen LogP contribution in [0.1, 0.15) is 46.5 Å². The number of ketones is 1. The van der Waals surface area contributed by atoms with E-state index >= 15 is 0 Å². The van der Waals surface area contributed by atoms with Gasteiger partial charge in [-0.05, 0) is 43.4 Å². The molecule has 3 heteroatoms. The third-order valence-electron chi connectivity index (χ3n) is 4.24. The first-order chi connectivity index (χ1) is 8.81. The Morgan fingerprint density at radius 1 is 1.26 bits per heavy atom. The van der Waals surface area contributed by atoms with E-state index in [4.69, 9.17) is 4.74 Å². The van der Waals surface area contributed by atoms with Crippen LogP contribution in [0.15, 0.2) is 0 Å². The lowest BCUT2D eigenvalue weighted by molar-refractivity contribution is 0.0863. The molecule has 0 fully saturated rings. The van der Waals surface area contributed by atoms with Crippen LogP contribution >= 0.6 is 0 Å². The van der Waals surface area contributed by atoms with E-state index in [2.05, 4.69) is 0 Å². The average molecular weight is 262 g/mol. The summed E-state index contributed by atoms with van der Waals surface area (Å²) < 4.78 is 5.12. The van der Waals surface area contributed by atoms with Crippen LogP contribution in [0.2, 0.25) is 0 Å². The smallest absolute Gasteiger partial charge is 0.169 e. The second kappa shape index (κ2) is 4.64. The molecule has 1 aliphatic rings. The Morgan fingerprint density at radius 2 is 1.89 bits per heavy atom. The molecule has 1 aliphatic carbocycles. The van der Waals surface area contributed by atoms with E-state index in [1.54, 1.807) is 7.11 Å². The van der Waals surface area contributed by atoms with Gasteiger partial charge in [-0.1, -0.05) is 13.8 Å². The summed E-state index contributed by atoms with van der Waals surface area (Å²) in [6.45, 7) is 8.38. The lowest BCUT2D eigenvalue weighted by Crippen LogP contribution is -2.19. The normalized spacial score (nSPS) is 16.8. The molecule has 0 spiro atoms. The molecule has 0 saturated heterocycles. The number of carbonyl (C=O) groups excluding carboxylic acids is 1. The Bertz CT molecular complexity index is 542. The number of methoxy groups -OCH3 is 1. The molecule has 104 valence electrons. The maximum absolute atomic E-state index is 12.5. The van der Waals surface area contributed by atoms with Crippen LogP contribution in [0.25, 0.3) is 0 Å². The minimum Gasteiger partial charge on any atom is -0.507 e. The van der Waals surface area contributed by atoms with Crippen molar-refractivity contribution in [1.82, 2.24) is 0 Å². The molecule has 1 N–H and O–H groups in total. The molecule has 2 rings (SSSR count). The van der Waals surface area contributed by atoms with Crippen molar-refractivity contribution in [3.8, 4) is 5.75 Å². The first-order valence-corrected chi connectivity index (χ1v) is 6.69. The van der Waals surface area contributed by atoms with Crippen molar-refractivity contribution in [2.75, 3.05) is 13.7 Å². The number of Topliss-reactive ketones (excluding diaryl/α,β-unsaturated/α-hetero) is 1. The van der Waals surface area contributed by atoms with Crippen molar-refractivity contribution in [3.63, 3.8) is 0 Å². The summed E-state index contributed by atoms with van der Waals surface area (Å²) in [5.74, 6) is 0.444. The van der Waals surface area contributed by atoms with E-state index < -0.39 is 5.41 Å². The van der Waals surface area contributed by atoms with Gasteiger partial charge in [0, 0.05) is 23.7 Å². The zero-order valence-corrected chi connectivity index (χ0v) is 12.4. The number of phenolic OH excluding ortho intramolecular Hbond substituents is 1. The molecule has 0 atom stereocenters. The van der Waals surface area contributed by atoms with Gasteiger partial charge in [0.1, 0.15) is 5.75 Å². The van der Waals surface area contributed by atoms with Crippen LogP contribution in [0.4, 0.5) is 0 Å². The SMILES string of the molecule is COCCc1c(C)c(O)c2c(c1C)C(=O)C(C)(C)C2. The molecule has 0 aliphatic heterocycles. The Labute approximate surface area is 114 Å². The quantitative estimate of drug-likeness (QED) is 0.911. The zero-order chi connectivity index (χ0) is 14.4. The highest BCUT2D eigenvalue weighted by atomic mass is 16.5. The molecular weight excluding hydrogens is 240 g/mol. The molecule has 0 amide bonds. The Balaban J connectivity index is 2.63. The van der Waals surface area contributed by atoms with E-state index in [1.807, 2.05) is 27.7 Å². The summed E-state index contributed by atoms with van der Waals surface area (Å²) >= 11 is 0. The predicted octanol–water partition coefficient (Wildman–Crippen LogP) is 2.96. The fourth-order valence-electron chi connectivity index (χ4n) is 3.07. The minimum atomic E-state index is -0.406. The summed E-state index contributed by atoms with van der Waals surface area (Å²) in [7, 11) is 1.66. The monoisotopic (exact) mass is 262 g/mol. The molecule has 1 aromatic carbocycles. The van der Waals surface area contributed by atoms with Crippen molar-refractivity contribution in [3.05, 3.63) is 27.8 Å². The lowest BCUT2D eigenvalue weighted by Gasteiger charge is -2.16. The number of phenols is 1. The molecule has 3 nitrogen and oxygen atoms in total. The van der Waals surface area contributed by atoms with Crippen molar-refractivity contribution >= 4 is 5.78 Å². The van der Waals surface area contributed by atoms with Crippen LogP contribution in [-0.2, 0) is 17.6 Å². The minimum absolute atomic E-state index is 0.147. The number of benzene rings is 1. The van der Waals surface area contributed by atoms with Gasteiger partial charge in [0.25, 0.3) is 0 Å². The van der Waals surface area contributed by atoms with Gasteiger partial charge in [-0.3, -0.25) is 4.79 Å². The highest BCUT2D eigenvalue weighted by Gasteiger charge is 2.41. The predicted molar refractivity (Wildman–Crippen MR) is 75.0 cm³/mol. The maximum atomic E-state index is 12.5. The summed E-state index contributed by atoms with van der Waals surface area (Å²) in [6.07, 6.45) is 1.35. The van der Waals surface area contributed by atoms with Gasteiger partial charge in [-0.15, -0.1) is 0 Å². The summed E-state index contributed by atoms with van der Waals surface area (Å²) in [5, 5.41) is 10.4. The van der Waals surface area contributed by atoms with Crippen molar-refractivity contribution in [2.45, 2.75) is 40.5 Å². The number of aromatic hydroxyl groups is 1. The first-order valence-electron chi connectivity index (χ1n) is 6.69. The largest absolute Gasteiger partial charge is 0.507 e. The molecule has 0 radical (unpaired) electrons. The second-order valence-corrected chi connectivity index (χ2v) is 6.06. The third kappa shape index (κ3) is 2.06. The fourth-order valence-corrected chi connectivity index (χ4v) is 3.07. The zero-order valence-electron chi connectivity index (χ0n) is 12.4. The number of carbonyl (C=O) groups is 1.